The summed E-state index contributed by atoms with van der Waals surface area (Å²) in [6.45, 7) is 4.85. The largest absolute Gasteiger partial charge is 0.463 e. The maximum atomic E-state index is 11.2. The van der Waals surface area contributed by atoms with E-state index in [-0.39, 0.29) is 0 Å². The van der Waals surface area contributed by atoms with Crippen molar-refractivity contribution in [3.8, 4) is 0 Å². The van der Waals surface area contributed by atoms with Gasteiger partial charge in [0.15, 0.2) is 0 Å². The van der Waals surface area contributed by atoms with E-state index in [9.17, 15) is 9.59 Å². The zero-order chi connectivity index (χ0) is 13.6. The van der Waals surface area contributed by atoms with Gasteiger partial charge in [-0.3, -0.25) is 0 Å². The van der Waals surface area contributed by atoms with Crippen LogP contribution in [0.3, 0.4) is 0 Å². The Bertz CT molecular complexity index is 259. The Balaban J connectivity index is 3.52. The number of hydrogen-bond acceptors (Lipinski definition) is 4. The number of carbonyl (C=O) groups excluding carboxylic acids is 2. The van der Waals surface area contributed by atoms with E-state index in [2.05, 4.69) is 6.92 Å². The molecule has 0 radical (unpaired) electrons. The van der Waals surface area contributed by atoms with E-state index in [0.29, 0.717) is 13.2 Å². The molecule has 18 heavy (non-hydrogen) atoms. The van der Waals surface area contributed by atoms with Crippen LogP contribution in [0.25, 0.3) is 0 Å². The van der Waals surface area contributed by atoms with Gasteiger partial charge in [-0.2, -0.15) is 0 Å². The van der Waals surface area contributed by atoms with Gasteiger partial charge in [0, 0.05) is 12.2 Å². The molecule has 0 saturated heterocycles. The first-order valence-corrected chi connectivity index (χ1v) is 6.72. The van der Waals surface area contributed by atoms with E-state index in [1.807, 2.05) is 6.92 Å². The fourth-order valence-corrected chi connectivity index (χ4v) is 1.31. The summed E-state index contributed by atoms with van der Waals surface area (Å²) in [4.78, 5) is 22.2. The molecule has 0 rings (SSSR count). The number of esters is 2. The number of unbranched alkanes of at least 4 members (excludes halogenated alkanes) is 4. The van der Waals surface area contributed by atoms with Crippen molar-refractivity contribution in [2.75, 3.05) is 13.2 Å². The summed E-state index contributed by atoms with van der Waals surface area (Å²) in [5, 5.41) is 0. The first-order chi connectivity index (χ1) is 8.70. The smallest absolute Gasteiger partial charge is 0.331 e. The number of carbonyl (C=O) groups is 2. The van der Waals surface area contributed by atoms with Crippen molar-refractivity contribution in [3.63, 3.8) is 0 Å². The fraction of sp³-hybridized carbons (Fsp3) is 0.714. The third-order valence-electron chi connectivity index (χ3n) is 2.30. The average molecular weight is 256 g/mol. The van der Waals surface area contributed by atoms with Gasteiger partial charge in [-0.1, -0.05) is 39.5 Å². The lowest BCUT2D eigenvalue weighted by Gasteiger charge is -2.01. The summed E-state index contributed by atoms with van der Waals surface area (Å²) >= 11 is 0. The molecule has 4 nitrogen and oxygen atoms in total. The summed E-state index contributed by atoms with van der Waals surface area (Å²) in [6.07, 6.45) is 8.52. The molecule has 0 saturated carbocycles. The molecule has 0 aromatic carbocycles. The molecule has 0 fully saturated rings. The molecule has 4 heteroatoms. The van der Waals surface area contributed by atoms with E-state index in [1.54, 1.807) is 0 Å². The van der Waals surface area contributed by atoms with Crippen LogP contribution in [0.2, 0.25) is 0 Å². The van der Waals surface area contributed by atoms with Crippen molar-refractivity contribution >= 4 is 11.9 Å². The van der Waals surface area contributed by atoms with E-state index in [1.165, 1.54) is 19.3 Å². The van der Waals surface area contributed by atoms with Crippen LogP contribution in [0, 0.1) is 0 Å². The predicted octanol–water partition coefficient (Wildman–Crippen LogP) is 3.01. The monoisotopic (exact) mass is 256 g/mol. The lowest BCUT2D eigenvalue weighted by Crippen LogP contribution is -2.05. The second kappa shape index (κ2) is 12.1. The molecule has 0 spiro atoms. The molecule has 0 aliphatic rings. The van der Waals surface area contributed by atoms with E-state index >= 15 is 0 Å². The molecule has 104 valence electrons. The number of hydrogen-bond donors (Lipinski definition) is 0. The third-order valence-corrected chi connectivity index (χ3v) is 2.30. The maximum Gasteiger partial charge on any atom is 0.331 e. The van der Waals surface area contributed by atoms with Gasteiger partial charge in [0.05, 0.1) is 13.2 Å². The summed E-state index contributed by atoms with van der Waals surface area (Å²) < 4.78 is 9.72. The minimum atomic E-state index is -0.503. The number of ether oxygens (including phenoxy) is 2. The van der Waals surface area contributed by atoms with Crippen molar-refractivity contribution in [3.05, 3.63) is 12.2 Å². The Kier molecular flexibility index (Phi) is 11.3. The molecule has 0 aliphatic carbocycles. The van der Waals surface area contributed by atoms with Gasteiger partial charge in [-0.25, -0.2) is 9.59 Å². The Morgan fingerprint density at radius 3 is 1.89 bits per heavy atom. The van der Waals surface area contributed by atoms with Gasteiger partial charge in [-0.05, 0) is 12.8 Å². The Labute approximate surface area is 109 Å². The van der Waals surface area contributed by atoms with Crippen LogP contribution in [0.15, 0.2) is 12.2 Å². The molecule has 0 amide bonds. The molecule has 0 N–H and O–H groups in total. The van der Waals surface area contributed by atoms with Crippen LogP contribution in [0.5, 0.6) is 0 Å². The van der Waals surface area contributed by atoms with Crippen molar-refractivity contribution in [2.24, 2.45) is 0 Å². The SMILES string of the molecule is CCCCCCCOC(=O)/C=C/C(=O)OCCC. The zero-order valence-corrected chi connectivity index (χ0v) is 11.4. The van der Waals surface area contributed by atoms with E-state index in [0.717, 1.165) is 31.4 Å². The molecule has 0 atom stereocenters. The Morgan fingerprint density at radius 2 is 1.33 bits per heavy atom. The first kappa shape index (κ1) is 16.7. The zero-order valence-electron chi connectivity index (χ0n) is 11.4. The van der Waals surface area contributed by atoms with Crippen LogP contribution in [-0.4, -0.2) is 25.2 Å². The van der Waals surface area contributed by atoms with Crippen LogP contribution < -0.4 is 0 Å². The van der Waals surface area contributed by atoms with Gasteiger partial charge in [0.25, 0.3) is 0 Å². The molecule has 0 unspecified atom stereocenters. The standard InChI is InChI=1S/C14H24O4/c1-3-5-6-7-8-12-18-14(16)10-9-13(15)17-11-4-2/h9-10H,3-8,11-12H2,1-2H3/b10-9+. The second-order valence-corrected chi connectivity index (χ2v) is 4.08. The highest BCUT2D eigenvalue weighted by Crippen LogP contribution is 2.02. The molecular weight excluding hydrogens is 232 g/mol. The molecule has 0 aromatic heterocycles. The molecular formula is C14H24O4. The van der Waals surface area contributed by atoms with Gasteiger partial charge in [-0.15, -0.1) is 0 Å². The molecule has 0 aliphatic heterocycles. The quantitative estimate of drug-likeness (QED) is 0.342. The van der Waals surface area contributed by atoms with Crippen molar-refractivity contribution < 1.29 is 19.1 Å². The van der Waals surface area contributed by atoms with Crippen molar-refractivity contribution in [1.29, 1.82) is 0 Å². The van der Waals surface area contributed by atoms with Gasteiger partial charge >= 0.3 is 11.9 Å². The van der Waals surface area contributed by atoms with Crippen molar-refractivity contribution in [2.45, 2.75) is 52.4 Å². The second-order valence-electron chi connectivity index (χ2n) is 4.08. The highest BCUT2D eigenvalue weighted by molar-refractivity contribution is 5.91. The van der Waals surface area contributed by atoms with Crippen LogP contribution >= 0.6 is 0 Å². The Hall–Kier alpha value is -1.32. The van der Waals surface area contributed by atoms with Crippen LogP contribution in [0.1, 0.15) is 52.4 Å². The lowest BCUT2D eigenvalue weighted by molar-refractivity contribution is -0.140. The van der Waals surface area contributed by atoms with Crippen LogP contribution in [0.4, 0.5) is 0 Å². The summed E-state index contributed by atoms with van der Waals surface area (Å²) in [7, 11) is 0. The minimum Gasteiger partial charge on any atom is -0.463 e. The minimum absolute atomic E-state index is 0.371. The first-order valence-electron chi connectivity index (χ1n) is 6.72. The van der Waals surface area contributed by atoms with Crippen LogP contribution in [-0.2, 0) is 19.1 Å². The number of rotatable bonds is 10. The van der Waals surface area contributed by atoms with E-state index < -0.39 is 11.9 Å². The van der Waals surface area contributed by atoms with Gasteiger partial charge < -0.3 is 9.47 Å². The van der Waals surface area contributed by atoms with Crippen molar-refractivity contribution in [1.82, 2.24) is 0 Å². The van der Waals surface area contributed by atoms with E-state index in [4.69, 9.17) is 9.47 Å². The summed E-state index contributed by atoms with van der Waals surface area (Å²) in [5.41, 5.74) is 0. The van der Waals surface area contributed by atoms with Gasteiger partial charge in [0.2, 0.25) is 0 Å². The molecule has 0 heterocycles. The Morgan fingerprint density at radius 1 is 0.778 bits per heavy atom. The predicted molar refractivity (Wildman–Crippen MR) is 70.1 cm³/mol. The molecule has 0 aromatic rings. The third kappa shape index (κ3) is 11.2. The maximum absolute atomic E-state index is 11.2. The highest BCUT2D eigenvalue weighted by atomic mass is 16.5. The normalized spacial score (nSPS) is 10.6. The highest BCUT2D eigenvalue weighted by Gasteiger charge is 2.00. The molecule has 0 bridgehead atoms. The summed E-state index contributed by atoms with van der Waals surface area (Å²) in [5.74, 6) is -0.990. The lowest BCUT2D eigenvalue weighted by atomic mass is 10.2. The fourth-order valence-electron chi connectivity index (χ4n) is 1.31. The van der Waals surface area contributed by atoms with Gasteiger partial charge in [0.1, 0.15) is 0 Å². The average Bonchev–Trinajstić information content (AvgIpc) is 2.38. The summed E-state index contributed by atoms with van der Waals surface area (Å²) in [6, 6.07) is 0. The topological polar surface area (TPSA) is 52.6 Å².